The van der Waals surface area contributed by atoms with Crippen LogP contribution < -0.4 is 4.72 Å². The number of nitrogens with one attached hydrogen (secondary N) is 1. The maximum Gasteiger partial charge on any atom is 0.279 e. The van der Waals surface area contributed by atoms with Crippen molar-refractivity contribution >= 4 is 10.2 Å². The second-order valence-electron chi connectivity index (χ2n) is 4.80. The molecule has 0 spiro atoms. The third-order valence-electron chi connectivity index (χ3n) is 3.27. The number of hydrogen-bond donors (Lipinski definition) is 2. The smallest absolute Gasteiger partial charge is 0.279 e. The number of aliphatic hydroxyl groups is 1. The molecule has 6 heteroatoms. The van der Waals surface area contributed by atoms with Crippen molar-refractivity contribution in [2.45, 2.75) is 25.3 Å². The van der Waals surface area contributed by atoms with Gasteiger partial charge in [0.15, 0.2) is 0 Å². The van der Waals surface area contributed by atoms with Crippen LogP contribution in [0.5, 0.6) is 0 Å². The molecule has 0 amide bonds. The quantitative estimate of drug-likeness (QED) is 0.800. The normalized spacial score (nSPS) is 18.6. The van der Waals surface area contributed by atoms with Crippen molar-refractivity contribution in [1.29, 1.82) is 0 Å². The lowest BCUT2D eigenvalue weighted by Gasteiger charge is -2.21. The van der Waals surface area contributed by atoms with Gasteiger partial charge >= 0.3 is 0 Å². The standard InChI is InChI=1S/C13H20N2O3S/c16-11-13(10-12-6-2-1-3-7-12)14-19(17,18)15-8-4-5-9-15/h1-3,6-7,13-14,16H,4-5,8-11H2. The number of benzene rings is 1. The minimum Gasteiger partial charge on any atom is -0.395 e. The molecule has 0 aliphatic carbocycles. The van der Waals surface area contributed by atoms with E-state index in [1.54, 1.807) is 0 Å². The van der Waals surface area contributed by atoms with Crippen LogP contribution in [0, 0.1) is 0 Å². The molecule has 1 heterocycles. The van der Waals surface area contributed by atoms with Crippen LogP contribution >= 0.6 is 0 Å². The number of hydrogen-bond acceptors (Lipinski definition) is 3. The molecule has 19 heavy (non-hydrogen) atoms. The summed E-state index contributed by atoms with van der Waals surface area (Å²) in [7, 11) is -3.47. The van der Waals surface area contributed by atoms with Gasteiger partial charge in [-0.3, -0.25) is 0 Å². The van der Waals surface area contributed by atoms with Gasteiger partial charge in [0.25, 0.3) is 10.2 Å². The average Bonchev–Trinajstić information content (AvgIpc) is 2.93. The molecule has 0 bridgehead atoms. The molecule has 0 saturated carbocycles. The van der Waals surface area contributed by atoms with Gasteiger partial charge in [0.1, 0.15) is 0 Å². The SMILES string of the molecule is O=S(=O)(NC(CO)Cc1ccccc1)N1CCCC1. The summed E-state index contributed by atoms with van der Waals surface area (Å²) in [6, 6.07) is 9.08. The van der Waals surface area contributed by atoms with E-state index in [1.807, 2.05) is 30.3 Å². The highest BCUT2D eigenvalue weighted by Gasteiger charge is 2.27. The van der Waals surface area contributed by atoms with Crippen LogP contribution in [0.4, 0.5) is 0 Å². The highest BCUT2D eigenvalue weighted by molar-refractivity contribution is 7.87. The zero-order valence-electron chi connectivity index (χ0n) is 10.8. The Balaban J connectivity index is 1.98. The lowest BCUT2D eigenvalue weighted by molar-refractivity contribution is 0.254. The second-order valence-corrected chi connectivity index (χ2v) is 6.50. The van der Waals surface area contributed by atoms with Crippen molar-refractivity contribution < 1.29 is 13.5 Å². The van der Waals surface area contributed by atoms with Crippen LogP contribution in [0.3, 0.4) is 0 Å². The van der Waals surface area contributed by atoms with E-state index in [-0.39, 0.29) is 6.61 Å². The van der Waals surface area contributed by atoms with Gasteiger partial charge in [-0.05, 0) is 24.8 Å². The maximum absolute atomic E-state index is 12.1. The Labute approximate surface area is 114 Å². The molecule has 106 valence electrons. The van der Waals surface area contributed by atoms with Crippen LogP contribution in [0.15, 0.2) is 30.3 Å². The summed E-state index contributed by atoms with van der Waals surface area (Å²) in [6.07, 6.45) is 2.30. The summed E-state index contributed by atoms with van der Waals surface area (Å²) in [6.45, 7) is 0.930. The van der Waals surface area contributed by atoms with Gasteiger partial charge in [0.05, 0.1) is 12.6 Å². The van der Waals surface area contributed by atoms with E-state index >= 15 is 0 Å². The average molecular weight is 284 g/mol. The summed E-state index contributed by atoms with van der Waals surface area (Å²) < 4.78 is 28.2. The Hall–Kier alpha value is -0.950. The number of nitrogens with zero attached hydrogens (tertiary/aromatic N) is 1. The maximum atomic E-state index is 12.1. The van der Waals surface area contributed by atoms with Gasteiger partial charge in [-0.1, -0.05) is 30.3 Å². The van der Waals surface area contributed by atoms with E-state index in [0.717, 1.165) is 18.4 Å². The monoisotopic (exact) mass is 284 g/mol. The van der Waals surface area contributed by atoms with Gasteiger partial charge in [-0.2, -0.15) is 17.4 Å². The predicted octanol–water partition coefficient (Wildman–Crippen LogP) is 0.520. The highest BCUT2D eigenvalue weighted by atomic mass is 32.2. The van der Waals surface area contributed by atoms with Crippen LogP contribution in [0.2, 0.25) is 0 Å². The number of aliphatic hydroxyl groups excluding tert-OH is 1. The molecule has 1 unspecified atom stereocenters. The van der Waals surface area contributed by atoms with Crippen molar-refractivity contribution in [3.8, 4) is 0 Å². The minimum absolute atomic E-state index is 0.206. The van der Waals surface area contributed by atoms with Crippen molar-refractivity contribution in [2.24, 2.45) is 0 Å². The third-order valence-corrected chi connectivity index (χ3v) is 4.94. The van der Waals surface area contributed by atoms with Crippen molar-refractivity contribution in [3.63, 3.8) is 0 Å². The van der Waals surface area contributed by atoms with E-state index in [9.17, 15) is 13.5 Å². The molecule has 1 saturated heterocycles. The summed E-state index contributed by atoms with van der Waals surface area (Å²) >= 11 is 0. The van der Waals surface area contributed by atoms with Gasteiger partial charge in [0, 0.05) is 13.1 Å². The first-order valence-corrected chi connectivity index (χ1v) is 7.98. The minimum atomic E-state index is -3.47. The van der Waals surface area contributed by atoms with E-state index in [0.29, 0.717) is 19.5 Å². The fourth-order valence-electron chi connectivity index (χ4n) is 2.26. The Kier molecular flexibility index (Phi) is 4.93. The molecular formula is C13H20N2O3S. The second kappa shape index (κ2) is 6.47. The molecule has 2 N–H and O–H groups in total. The molecule has 2 rings (SSSR count). The van der Waals surface area contributed by atoms with Gasteiger partial charge in [-0.25, -0.2) is 0 Å². The van der Waals surface area contributed by atoms with Crippen LogP contribution in [0.1, 0.15) is 18.4 Å². The Morgan fingerprint density at radius 1 is 1.21 bits per heavy atom. The van der Waals surface area contributed by atoms with E-state index in [1.165, 1.54) is 4.31 Å². The molecule has 1 aliphatic rings. The molecule has 1 aromatic carbocycles. The van der Waals surface area contributed by atoms with E-state index in [2.05, 4.69) is 4.72 Å². The topological polar surface area (TPSA) is 69.6 Å². The first-order chi connectivity index (χ1) is 9.12. The molecule has 0 radical (unpaired) electrons. The molecular weight excluding hydrogens is 264 g/mol. The fourth-order valence-corrected chi connectivity index (χ4v) is 3.72. The van der Waals surface area contributed by atoms with Crippen molar-refractivity contribution in [3.05, 3.63) is 35.9 Å². The van der Waals surface area contributed by atoms with Crippen LogP contribution in [-0.2, 0) is 16.6 Å². The summed E-state index contributed by atoms with van der Waals surface area (Å²) in [5.41, 5.74) is 1.01. The Morgan fingerprint density at radius 2 is 1.84 bits per heavy atom. The van der Waals surface area contributed by atoms with Crippen molar-refractivity contribution in [2.75, 3.05) is 19.7 Å². The molecule has 1 fully saturated rings. The molecule has 0 aromatic heterocycles. The Morgan fingerprint density at radius 3 is 2.42 bits per heavy atom. The first-order valence-electron chi connectivity index (χ1n) is 6.54. The van der Waals surface area contributed by atoms with E-state index < -0.39 is 16.3 Å². The van der Waals surface area contributed by atoms with Gasteiger partial charge in [-0.15, -0.1) is 0 Å². The summed E-state index contributed by atoms with van der Waals surface area (Å²) in [5.74, 6) is 0. The molecule has 1 aromatic rings. The zero-order chi connectivity index (χ0) is 13.7. The zero-order valence-corrected chi connectivity index (χ0v) is 11.6. The largest absolute Gasteiger partial charge is 0.395 e. The molecule has 1 aliphatic heterocycles. The van der Waals surface area contributed by atoms with Crippen molar-refractivity contribution in [1.82, 2.24) is 9.03 Å². The predicted molar refractivity (Wildman–Crippen MR) is 73.9 cm³/mol. The van der Waals surface area contributed by atoms with E-state index in [4.69, 9.17) is 0 Å². The Bertz CT molecular complexity index is 484. The molecule has 5 nitrogen and oxygen atoms in total. The van der Waals surface area contributed by atoms with Gasteiger partial charge < -0.3 is 5.11 Å². The fraction of sp³-hybridized carbons (Fsp3) is 0.538. The van der Waals surface area contributed by atoms with Gasteiger partial charge in [0.2, 0.25) is 0 Å². The highest BCUT2D eigenvalue weighted by Crippen LogP contribution is 2.12. The summed E-state index contributed by atoms with van der Waals surface area (Å²) in [4.78, 5) is 0. The lowest BCUT2D eigenvalue weighted by Crippen LogP contribution is -2.46. The third kappa shape index (κ3) is 4.01. The van der Waals surface area contributed by atoms with Crippen LogP contribution in [-0.4, -0.2) is 43.6 Å². The van der Waals surface area contributed by atoms with Crippen LogP contribution in [0.25, 0.3) is 0 Å². The number of rotatable bonds is 6. The lowest BCUT2D eigenvalue weighted by atomic mass is 10.1. The molecule has 1 atom stereocenters. The summed E-state index contributed by atoms with van der Waals surface area (Å²) in [5, 5.41) is 9.35. The first kappa shape index (κ1) is 14.5.